The van der Waals surface area contributed by atoms with Crippen LogP contribution in [0.15, 0.2) is 84.9 Å². The van der Waals surface area contributed by atoms with Crippen LogP contribution >= 0.6 is 11.6 Å². The van der Waals surface area contributed by atoms with Gasteiger partial charge in [0.2, 0.25) is 0 Å². The van der Waals surface area contributed by atoms with E-state index in [0.29, 0.717) is 0 Å². The van der Waals surface area contributed by atoms with E-state index in [2.05, 4.69) is 41.7 Å². The molecule has 0 fully saturated rings. The average molecular weight is 404 g/mol. The molecule has 4 aromatic carbocycles. The molecule has 0 aliphatic rings. The molecule has 0 saturated heterocycles. The summed E-state index contributed by atoms with van der Waals surface area (Å²) < 4.78 is 13.4. The second-order valence-electron chi connectivity index (χ2n) is 7.25. The summed E-state index contributed by atoms with van der Waals surface area (Å²) in [6.07, 6.45) is 1.90. The third-order valence-electron chi connectivity index (χ3n) is 5.15. The van der Waals surface area contributed by atoms with Crippen LogP contribution < -0.4 is 5.32 Å². The molecular formula is C26H23ClFN. The average Bonchev–Trinajstić information content (AvgIpc) is 2.74. The number of hydrogen-bond donors (Lipinski definition) is 1. The maximum Gasteiger partial charge on any atom is 0.123 e. The first kappa shape index (κ1) is 19.6. The van der Waals surface area contributed by atoms with E-state index in [4.69, 9.17) is 11.6 Å². The normalized spacial score (nSPS) is 11.1. The molecule has 0 bridgehead atoms. The van der Waals surface area contributed by atoms with Gasteiger partial charge in [0, 0.05) is 5.02 Å². The molecule has 1 N–H and O–H groups in total. The number of benzene rings is 4. The van der Waals surface area contributed by atoms with Crippen molar-refractivity contribution in [1.82, 2.24) is 5.32 Å². The highest BCUT2D eigenvalue weighted by Gasteiger charge is 2.07. The number of hydrogen-bond acceptors (Lipinski definition) is 1. The standard InChI is InChI=1S/C26H23ClFN/c27-23-6-3-4-19(17-23)12-14-29-15-13-20-16-22-5-1-2-7-25(22)26(18-20)21-8-10-24(28)11-9-21/h1-11,16-18,29H,12-15H2. The van der Waals surface area contributed by atoms with E-state index in [1.807, 2.05) is 36.4 Å². The molecule has 29 heavy (non-hydrogen) atoms. The minimum atomic E-state index is -0.210. The van der Waals surface area contributed by atoms with Crippen LogP contribution in [0.4, 0.5) is 4.39 Å². The summed E-state index contributed by atoms with van der Waals surface area (Å²) in [7, 11) is 0. The lowest BCUT2D eigenvalue weighted by Crippen LogP contribution is -2.20. The Balaban J connectivity index is 1.45. The van der Waals surface area contributed by atoms with E-state index in [1.165, 1.54) is 34.0 Å². The van der Waals surface area contributed by atoms with Gasteiger partial charge < -0.3 is 5.32 Å². The van der Waals surface area contributed by atoms with E-state index in [0.717, 1.165) is 42.1 Å². The smallest absolute Gasteiger partial charge is 0.123 e. The van der Waals surface area contributed by atoms with Crippen LogP contribution in [0, 0.1) is 5.82 Å². The van der Waals surface area contributed by atoms with E-state index >= 15 is 0 Å². The summed E-state index contributed by atoms with van der Waals surface area (Å²) in [6, 6.07) is 27.6. The Morgan fingerprint density at radius 2 is 1.48 bits per heavy atom. The van der Waals surface area contributed by atoms with Gasteiger partial charge in [0.1, 0.15) is 5.82 Å². The van der Waals surface area contributed by atoms with Gasteiger partial charge >= 0.3 is 0 Å². The highest BCUT2D eigenvalue weighted by atomic mass is 35.5. The van der Waals surface area contributed by atoms with Gasteiger partial charge in [0.05, 0.1) is 0 Å². The zero-order valence-corrected chi connectivity index (χ0v) is 16.9. The summed E-state index contributed by atoms with van der Waals surface area (Å²) >= 11 is 6.05. The van der Waals surface area contributed by atoms with Crippen molar-refractivity contribution < 1.29 is 4.39 Å². The maximum absolute atomic E-state index is 13.4. The van der Waals surface area contributed by atoms with E-state index in [9.17, 15) is 4.39 Å². The Morgan fingerprint density at radius 3 is 2.28 bits per heavy atom. The number of halogens is 2. The summed E-state index contributed by atoms with van der Waals surface area (Å²) in [4.78, 5) is 0. The van der Waals surface area contributed by atoms with Crippen molar-refractivity contribution in [2.24, 2.45) is 0 Å². The van der Waals surface area contributed by atoms with Gasteiger partial charge in [-0.25, -0.2) is 4.39 Å². The lowest BCUT2D eigenvalue weighted by Gasteiger charge is -2.12. The van der Waals surface area contributed by atoms with Gasteiger partial charge in [-0.1, -0.05) is 72.3 Å². The van der Waals surface area contributed by atoms with Crippen LogP contribution in [0.2, 0.25) is 5.02 Å². The highest BCUT2D eigenvalue weighted by Crippen LogP contribution is 2.30. The van der Waals surface area contributed by atoms with Crippen molar-refractivity contribution in [1.29, 1.82) is 0 Å². The minimum absolute atomic E-state index is 0.210. The first-order valence-electron chi connectivity index (χ1n) is 9.92. The molecule has 0 aromatic heterocycles. The Kier molecular flexibility index (Phi) is 6.24. The largest absolute Gasteiger partial charge is 0.316 e. The Hall–Kier alpha value is -2.68. The van der Waals surface area contributed by atoms with Crippen molar-refractivity contribution in [2.45, 2.75) is 12.8 Å². The van der Waals surface area contributed by atoms with Crippen LogP contribution in [0.1, 0.15) is 11.1 Å². The SMILES string of the molecule is Fc1ccc(-c2cc(CCNCCc3cccc(Cl)c3)cc3ccccc23)cc1. The summed E-state index contributed by atoms with van der Waals surface area (Å²) in [6.45, 7) is 1.82. The van der Waals surface area contributed by atoms with E-state index in [-0.39, 0.29) is 5.82 Å². The van der Waals surface area contributed by atoms with Crippen LogP contribution in [0.5, 0.6) is 0 Å². The van der Waals surface area contributed by atoms with Gasteiger partial charge in [-0.2, -0.15) is 0 Å². The molecular weight excluding hydrogens is 381 g/mol. The van der Waals surface area contributed by atoms with E-state index < -0.39 is 0 Å². The van der Waals surface area contributed by atoms with Crippen molar-refractivity contribution in [3.8, 4) is 11.1 Å². The molecule has 1 nitrogen and oxygen atoms in total. The molecule has 0 aliphatic carbocycles. The molecule has 3 heteroatoms. The molecule has 0 atom stereocenters. The van der Waals surface area contributed by atoms with Crippen molar-refractivity contribution in [2.75, 3.05) is 13.1 Å². The van der Waals surface area contributed by atoms with Gasteiger partial charge in [0.15, 0.2) is 0 Å². The number of rotatable bonds is 7. The minimum Gasteiger partial charge on any atom is -0.316 e. The van der Waals surface area contributed by atoms with Crippen LogP contribution in [-0.4, -0.2) is 13.1 Å². The predicted octanol–water partition coefficient (Wildman–Crippen LogP) is 6.67. The lowest BCUT2D eigenvalue weighted by atomic mass is 9.94. The molecule has 0 unspecified atom stereocenters. The quantitative estimate of drug-likeness (QED) is 0.339. The maximum atomic E-state index is 13.4. The monoisotopic (exact) mass is 403 g/mol. The third-order valence-corrected chi connectivity index (χ3v) is 5.38. The third kappa shape index (κ3) is 5.03. The molecule has 0 heterocycles. The topological polar surface area (TPSA) is 12.0 Å². The fraction of sp³-hybridized carbons (Fsp3) is 0.154. The molecule has 0 saturated carbocycles. The summed E-state index contributed by atoms with van der Waals surface area (Å²) in [5, 5.41) is 6.71. The second kappa shape index (κ2) is 9.21. The first-order chi connectivity index (χ1) is 14.2. The van der Waals surface area contributed by atoms with Crippen molar-refractivity contribution >= 4 is 22.4 Å². The Bertz CT molecular complexity index is 1110. The van der Waals surface area contributed by atoms with Crippen LogP contribution in [-0.2, 0) is 12.8 Å². The number of fused-ring (bicyclic) bond motifs is 1. The Labute approximate surface area is 176 Å². The van der Waals surface area contributed by atoms with Gasteiger partial charge in [-0.15, -0.1) is 0 Å². The zero-order chi connectivity index (χ0) is 20.1. The highest BCUT2D eigenvalue weighted by molar-refractivity contribution is 6.30. The summed E-state index contributed by atoms with van der Waals surface area (Å²) in [5.74, 6) is -0.210. The molecule has 4 rings (SSSR count). The fourth-order valence-electron chi connectivity index (χ4n) is 3.67. The van der Waals surface area contributed by atoms with Crippen molar-refractivity contribution in [3.63, 3.8) is 0 Å². The van der Waals surface area contributed by atoms with Gasteiger partial charge in [-0.3, -0.25) is 0 Å². The number of nitrogens with one attached hydrogen (secondary N) is 1. The predicted molar refractivity (Wildman–Crippen MR) is 121 cm³/mol. The van der Waals surface area contributed by atoms with Crippen molar-refractivity contribution in [3.05, 3.63) is 107 Å². The van der Waals surface area contributed by atoms with Gasteiger partial charge in [-0.05, 0) is 83.2 Å². The molecule has 0 radical (unpaired) electrons. The summed E-state index contributed by atoms with van der Waals surface area (Å²) in [5.41, 5.74) is 4.71. The van der Waals surface area contributed by atoms with Crippen LogP contribution in [0.25, 0.3) is 21.9 Å². The second-order valence-corrected chi connectivity index (χ2v) is 7.69. The first-order valence-corrected chi connectivity index (χ1v) is 10.3. The fourth-order valence-corrected chi connectivity index (χ4v) is 3.88. The Morgan fingerprint density at radius 1 is 0.724 bits per heavy atom. The molecule has 4 aromatic rings. The van der Waals surface area contributed by atoms with E-state index in [1.54, 1.807) is 0 Å². The lowest BCUT2D eigenvalue weighted by molar-refractivity contribution is 0.628. The van der Waals surface area contributed by atoms with Crippen LogP contribution in [0.3, 0.4) is 0 Å². The molecule has 0 amide bonds. The van der Waals surface area contributed by atoms with Gasteiger partial charge in [0.25, 0.3) is 0 Å². The molecule has 0 spiro atoms. The zero-order valence-electron chi connectivity index (χ0n) is 16.2. The molecule has 146 valence electrons. The molecule has 0 aliphatic heterocycles.